The molecule has 2 aromatic heterocycles. The Labute approximate surface area is 224 Å². The number of hydrogen-bond donors (Lipinski definition) is 2. The normalized spacial score (nSPS) is 22.2. The van der Waals surface area contributed by atoms with Crippen LogP contribution in [0.15, 0.2) is 24.5 Å². The number of rotatable bonds is 10. The molecule has 0 amide bonds. The van der Waals surface area contributed by atoms with Crippen LogP contribution in [-0.4, -0.2) is 55.5 Å². The van der Waals surface area contributed by atoms with Gasteiger partial charge in [0, 0.05) is 62.0 Å². The molecule has 1 aliphatic heterocycles. The van der Waals surface area contributed by atoms with Crippen LogP contribution < -0.4 is 10.6 Å². The summed E-state index contributed by atoms with van der Waals surface area (Å²) in [7, 11) is 1.73. The number of halogens is 2. The molecule has 1 saturated carbocycles. The molecule has 2 aromatic rings. The Morgan fingerprint density at radius 1 is 1.22 bits per heavy atom. The fourth-order valence-electron chi connectivity index (χ4n) is 5.42. The fraction of sp³-hybridized carbons (Fsp3) is 0.607. The molecule has 3 heterocycles. The van der Waals surface area contributed by atoms with Crippen molar-refractivity contribution in [3.63, 3.8) is 0 Å². The van der Waals surface area contributed by atoms with Crippen LogP contribution in [0.3, 0.4) is 0 Å². The van der Waals surface area contributed by atoms with Crippen molar-refractivity contribution in [1.82, 2.24) is 15.3 Å². The standard InChI is InChI=1S/C28H37ClFN5O2/c1-19(16-36-2)35-22-5-3-20(4-6-22)11-23-13-24(25(30)15-32-23)21-12-26(27(29)33-14-21)34-18-28(17-31)7-9-37-10-8-28/h12-15,19-20,22,34-35H,3-11,16,18H2,1-2H3/t19-,20?,22?/m1/s1. The first kappa shape index (κ1) is 27.7. The van der Waals surface area contributed by atoms with Gasteiger partial charge in [0.25, 0.3) is 0 Å². The van der Waals surface area contributed by atoms with Crippen LogP contribution in [0.1, 0.15) is 51.1 Å². The third-order valence-electron chi connectivity index (χ3n) is 7.65. The summed E-state index contributed by atoms with van der Waals surface area (Å²) in [5.41, 5.74) is 2.05. The second-order valence-electron chi connectivity index (χ2n) is 10.5. The summed E-state index contributed by atoms with van der Waals surface area (Å²) in [4.78, 5) is 8.68. The van der Waals surface area contributed by atoms with Crippen molar-refractivity contribution in [2.24, 2.45) is 11.3 Å². The molecule has 2 fully saturated rings. The Bertz CT molecular complexity index is 1080. The molecule has 0 bridgehead atoms. The summed E-state index contributed by atoms with van der Waals surface area (Å²) in [6.45, 7) is 4.43. The minimum absolute atomic E-state index is 0.295. The molecule has 1 saturated heterocycles. The van der Waals surface area contributed by atoms with Gasteiger partial charge in [-0.05, 0) is 69.9 Å². The summed E-state index contributed by atoms with van der Waals surface area (Å²) >= 11 is 6.35. The van der Waals surface area contributed by atoms with Crippen molar-refractivity contribution in [2.75, 3.05) is 38.8 Å². The van der Waals surface area contributed by atoms with Crippen molar-refractivity contribution in [3.8, 4) is 17.2 Å². The zero-order valence-electron chi connectivity index (χ0n) is 21.7. The molecule has 200 valence electrons. The van der Waals surface area contributed by atoms with Crippen molar-refractivity contribution < 1.29 is 13.9 Å². The molecule has 7 nitrogen and oxygen atoms in total. The zero-order valence-corrected chi connectivity index (χ0v) is 22.5. The number of methoxy groups -OCH3 is 1. The highest BCUT2D eigenvalue weighted by Gasteiger charge is 2.32. The van der Waals surface area contributed by atoms with Crippen LogP contribution in [0.5, 0.6) is 0 Å². The predicted octanol–water partition coefficient (Wildman–Crippen LogP) is 5.39. The molecule has 2 N–H and O–H groups in total. The third kappa shape index (κ3) is 7.38. The number of hydrogen-bond acceptors (Lipinski definition) is 7. The van der Waals surface area contributed by atoms with Gasteiger partial charge in [-0.2, -0.15) is 5.26 Å². The van der Waals surface area contributed by atoms with E-state index in [1.807, 2.05) is 6.07 Å². The smallest absolute Gasteiger partial charge is 0.152 e. The molecule has 37 heavy (non-hydrogen) atoms. The lowest BCUT2D eigenvalue weighted by molar-refractivity contribution is 0.0456. The van der Waals surface area contributed by atoms with Crippen LogP contribution >= 0.6 is 11.6 Å². The number of ether oxygens (including phenoxy) is 2. The summed E-state index contributed by atoms with van der Waals surface area (Å²) in [6.07, 6.45) is 9.52. The molecule has 9 heteroatoms. The van der Waals surface area contributed by atoms with E-state index in [4.69, 9.17) is 21.1 Å². The molecule has 0 spiro atoms. The SMILES string of the molecule is COC[C@@H](C)NC1CCC(Cc2cc(-c3cnc(Cl)c(NCC4(C#N)CCOCC4)c3)c(F)cn2)CC1. The van der Waals surface area contributed by atoms with Crippen molar-refractivity contribution >= 4 is 17.3 Å². The van der Waals surface area contributed by atoms with Gasteiger partial charge in [-0.1, -0.05) is 11.6 Å². The van der Waals surface area contributed by atoms with Crippen LogP contribution in [0.25, 0.3) is 11.1 Å². The highest BCUT2D eigenvalue weighted by atomic mass is 35.5. The van der Waals surface area contributed by atoms with E-state index in [-0.39, 0.29) is 0 Å². The second-order valence-corrected chi connectivity index (χ2v) is 10.9. The van der Waals surface area contributed by atoms with Crippen LogP contribution in [0.2, 0.25) is 5.15 Å². The van der Waals surface area contributed by atoms with Gasteiger partial charge in [0.1, 0.15) is 5.82 Å². The molecular weight excluding hydrogens is 493 g/mol. The lowest BCUT2D eigenvalue weighted by atomic mass is 9.81. The quantitative estimate of drug-likeness (QED) is 0.398. The van der Waals surface area contributed by atoms with Gasteiger partial charge in [-0.3, -0.25) is 4.98 Å². The molecule has 0 radical (unpaired) electrons. The Balaban J connectivity index is 1.41. The van der Waals surface area contributed by atoms with Crippen molar-refractivity contribution in [3.05, 3.63) is 41.2 Å². The topological polar surface area (TPSA) is 92.1 Å². The first-order valence-electron chi connectivity index (χ1n) is 13.2. The van der Waals surface area contributed by atoms with E-state index >= 15 is 0 Å². The summed E-state index contributed by atoms with van der Waals surface area (Å²) < 4.78 is 25.5. The van der Waals surface area contributed by atoms with Gasteiger partial charge in [-0.25, -0.2) is 9.37 Å². The van der Waals surface area contributed by atoms with Crippen LogP contribution in [0.4, 0.5) is 10.1 Å². The fourth-order valence-corrected chi connectivity index (χ4v) is 5.59. The summed E-state index contributed by atoms with van der Waals surface area (Å²) in [5, 5.41) is 17.0. The highest BCUT2D eigenvalue weighted by molar-refractivity contribution is 6.32. The van der Waals surface area contributed by atoms with E-state index in [9.17, 15) is 9.65 Å². The average Bonchev–Trinajstić information content (AvgIpc) is 2.91. The van der Waals surface area contributed by atoms with Gasteiger partial charge in [0.2, 0.25) is 0 Å². The van der Waals surface area contributed by atoms with E-state index in [0.717, 1.165) is 37.8 Å². The Morgan fingerprint density at radius 3 is 2.68 bits per heavy atom. The van der Waals surface area contributed by atoms with Gasteiger partial charge in [-0.15, -0.1) is 0 Å². The molecule has 1 aliphatic carbocycles. The highest BCUT2D eigenvalue weighted by Crippen LogP contribution is 2.34. The largest absolute Gasteiger partial charge is 0.383 e. The minimum Gasteiger partial charge on any atom is -0.383 e. The predicted molar refractivity (Wildman–Crippen MR) is 143 cm³/mol. The van der Waals surface area contributed by atoms with Gasteiger partial charge >= 0.3 is 0 Å². The second kappa shape index (κ2) is 13.0. The molecule has 0 unspecified atom stereocenters. The van der Waals surface area contributed by atoms with E-state index in [0.29, 0.717) is 79.2 Å². The summed E-state index contributed by atoms with van der Waals surface area (Å²) in [6, 6.07) is 6.95. The maximum atomic E-state index is 14.9. The van der Waals surface area contributed by atoms with Gasteiger partial charge in [0.15, 0.2) is 5.15 Å². The van der Waals surface area contributed by atoms with Gasteiger partial charge in [0.05, 0.1) is 30.0 Å². The Morgan fingerprint density at radius 2 is 1.97 bits per heavy atom. The number of anilines is 1. The van der Waals surface area contributed by atoms with Crippen LogP contribution in [-0.2, 0) is 15.9 Å². The first-order chi connectivity index (χ1) is 17.9. The van der Waals surface area contributed by atoms with Crippen molar-refractivity contribution in [1.29, 1.82) is 5.26 Å². The average molecular weight is 530 g/mol. The minimum atomic E-state index is -0.511. The van der Waals surface area contributed by atoms with E-state index in [1.165, 1.54) is 6.20 Å². The third-order valence-corrected chi connectivity index (χ3v) is 7.95. The van der Waals surface area contributed by atoms with E-state index in [2.05, 4.69) is 33.6 Å². The summed E-state index contributed by atoms with van der Waals surface area (Å²) in [5.74, 6) is 0.139. The number of aromatic nitrogens is 2. The monoisotopic (exact) mass is 529 g/mol. The van der Waals surface area contributed by atoms with Crippen LogP contribution in [0, 0.1) is 28.5 Å². The first-order valence-corrected chi connectivity index (χ1v) is 13.6. The molecule has 4 rings (SSSR count). The van der Waals surface area contributed by atoms with Gasteiger partial charge < -0.3 is 20.1 Å². The number of nitrogens with one attached hydrogen (secondary N) is 2. The lowest BCUT2D eigenvalue weighted by Crippen LogP contribution is -2.41. The number of nitrogens with zero attached hydrogens (tertiary/aromatic N) is 3. The Hall–Kier alpha value is -2.31. The maximum Gasteiger partial charge on any atom is 0.152 e. The number of pyridine rings is 2. The van der Waals surface area contributed by atoms with Crippen molar-refractivity contribution in [2.45, 2.75) is 64.0 Å². The molecule has 0 aromatic carbocycles. The maximum absolute atomic E-state index is 14.9. The molecule has 2 aliphatic rings. The molecule has 1 atom stereocenters. The molecular formula is C28H37ClFN5O2. The Kier molecular flexibility index (Phi) is 9.71. The lowest BCUT2D eigenvalue weighted by Gasteiger charge is -2.31. The zero-order chi connectivity index (χ0) is 26.3. The van der Waals surface area contributed by atoms with E-state index in [1.54, 1.807) is 19.4 Å². The van der Waals surface area contributed by atoms with E-state index < -0.39 is 11.2 Å². The number of nitriles is 1.